The van der Waals surface area contributed by atoms with Crippen LogP contribution in [-0.4, -0.2) is 20.1 Å². The van der Waals surface area contributed by atoms with Gasteiger partial charge >= 0.3 is 0 Å². The molecule has 3 N–H and O–H groups in total. The van der Waals surface area contributed by atoms with Crippen LogP contribution in [0.25, 0.3) is 0 Å². The van der Waals surface area contributed by atoms with E-state index in [4.69, 9.17) is 5.73 Å². The van der Waals surface area contributed by atoms with Crippen LogP contribution in [0.5, 0.6) is 0 Å². The zero-order valence-electron chi connectivity index (χ0n) is 7.03. The number of nitrogens with two attached hydrogens (primary N) is 1. The Bertz CT molecular complexity index is 47.2. The average molecular weight is 144 g/mol. The van der Waals surface area contributed by atoms with Crippen LogP contribution in [0.3, 0.4) is 0 Å². The van der Waals surface area contributed by atoms with Gasteiger partial charge in [-0.05, 0) is 33.0 Å². The summed E-state index contributed by atoms with van der Waals surface area (Å²) in [6.07, 6.45) is 6.50. The summed E-state index contributed by atoms with van der Waals surface area (Å²) in [7, 11) is 2.00. The Morgan fingerprint density at radius 1 is 1.00 bits per heavy atom. The van der Waals surface area contributed by atoms with Crippen LogP contribution >= 0.6 is 0 Å². The number of unbranched alkanes of at least 4 members (excludes halogenated alkanes) is 4. The lowest BCUT2D eigenvalue weighted by Gasteiger charge is -1.98. The smallest absolute Gasteiger partial charge is 0.00519 e. The molecule has 10 heavy (non-hydrogen) atoms. The minimum atomic E-state index is 0.853. The SMILES string of the molecule is CNCCCCCCCN. The molecule has 0 aliphatic rings. The van der Waals surface area contributed by atoms with Crippen LogP contribution < -0.4 is 11.1 Å². The molecule has 0 aromatic heterocycles. The van der Waals surface area contributed by atoms with Gasteiger partial charge < -0.3 is 11.1 Å². The number of nitrogens with one attached hydrogen (secondary N) is 1. The van der Waals surface area contributed by atoms with Gasteiger partial charge in [-0.15, -0.1) is 0 Å². The first-order valence-electron chi connectivity index (χ1n) is 4.26. The molecule has 0 aromatic rings. The molecule has 0 amide bonds. The largest absolute Gasteiger partial charge is 0.330 e. The van der Waals surface area contributed by atoms with Crippen molar-refractivity contribution >= 4 is 0 Å². The average Bonchev–Trinajstić information content (AvgIpc) is 1.97. The Kier molecular flexibility index (Phi) is 8.85. The van der Waals surface area contributed by atoms with Gasteiger partial charge in [-0.2, -0.15) is 0 Å². The molecular weight excluding hydrogens is 124 g/mol. The van der Waals surface area contributed by atoms with Gasteiger partial charge in [0.2, 0.25) is 0 Å². The van der Waals surface area contributed by atoms with E-state index < -0.39 is 0 Å². The van der Waals surface area contributed by atoms with Gasteiger partial charge in [0.05, 0.1) is 0 Å². The second-order valence-electron chi connectivity index (χ2n) is 2.66. The second kappa shape index (κ2) is 8.92. The third-order valence-corrected chi connectivity index (χ3v) is 1.63. The summed E-state index contributed by atoms with van der Waals surface area (Å²) in [5, 5.41) is 3.13. The van der Waals surface area contributed by atoms with Crippen LogP contribution in [-0.2, 0) is 0 Å². The summed E-state index contributed by atoms with van der Waals surface area (Å²) < 4.78 is 0. The molecule has 0 fully saturated rings. The van der Waals surface area contributed by atoms with E-state index >= 15 is 0 Å². The van der Waals surface area contributed by atoms with Crippen molar-refractivity contribution < 1.29 is 0 Å². The summed E-state index contributed by atoms with van der Waals surface area (Å²) in [6, 6.07) is 0. The Morgan fingerprint density at radius 2 is 1.60 bits per heavy atom. The summed E-state index contributed by atoms with van der Waals surface area (Å²) >= 11 is 0. The van der Waals surface area contributed by atoms with Crippen molar-refractivity contribution in [1.82, 2.24) is 5.32 Å². The molecule has 0 spiro atoms. The molecule has 0 atom stereocenters. The summed E-state index contributed by atoms with van der Waals surface area (Å²) in [6.45, 7) is 2.01. The molecule has 0 aromatic carbocycles. The molecule has 62 valence electrons. The summed E-state index contributed by atoms with van der Waals surface area (Å²) in [5.74, 6) is 0. The predicted octanol–water partition coefficient (Wildman–Crippen LogP) is 1.11. The van der Waals surface area contributed by atoms with Gasteiger partial charge in [-0.3, -0.25) is 0 Å². The first-order chi connectivity index (χ1) is 4.91. The van der Waals surface area contributed by atoms with Gasteiger partial charge in [0.15, 0.2) is 0 Å². The highest BCUT2D eigenvalue weighted by Gasteiger charge is 1.87. The van der Waals surface area contributed by atoms with Crippen molar-refractivity contribution in [2.75, 3.05) is 20.1 Å². The van der Waals surface area contributed by atoms with E-state index in [1.807, 2.05) is 7.05 Å². The van der Waals surface area contributed by atoms with E-state index in [0.717, 1.165) is 13.1 Å². The van der Waals surface area contributed by atoms with Crippen molar-refractivity contribution in [2.24, 2.45) is 5.73 Å². The lowest BCUT2D eigenvalue weighted by Crippen LogP contribution is -2.07. The number of hydrogen-bond acceptors (Lipinski definition) is 2. The minimum Gasteiger partial charge on any atom is -0.330 e. The fourth-order valence-electron chi connectivity index (χ4n) is 0.976. The Morgan fingerprint density at radius 3 is 2.20 bits per heavy atom. The monoisotopic (exact) mass is 144 g/mol. The van der Waals surface area contributed by atoms with E-state index in [9.17, 15) is 0 Å². The van der Waals surface area contributed by atoms with Crippen molar-refractivity contribution in [2.45, 2.75) is 32.1 Å². The quantitative estimate of drug-likeness (QED) is 0.525. The summed E-state index contributed by atoms with van der Waals surface area (Å²) in [4.78, 5) is 0. The van der Waals surface area contributed by atoms with Crippen molar-refractivity contribution in [3.63, 3.8) is 0 Å². The zero-order valence-corrected chi connectivity index (χ0v) is 7.03. The molecule has 0 radical (unpaired) electrons. The van der Waals surface area contributed by atoms with Gasteiger partial charge in [0, 0.05) is 0 Å². The highest BCUT2D eigenvalue weighted by atomic mass is 14.8. The molecular formula is C8H20N2. The Hall–Kier alpha value is -0.0800. The van der Waals surface area contributed by atoms with Crippen LogP contribution in [0.1, 0.15) is 32.1 Å². The number of hydrogen-bond donors (Lipinski definition) is 2. The van der Waals surface area contributed by atoms with E-state index in [-0.39, 0.29) is 0 Å². The fourth-order valence-corrected chi connectivity index (χ4v) is 0.976. The lowest BCUT2D eigenvalue weighted by atomic mass is 10.1. The molecule has 0 bridgehead atoms. The third kappa shape index (κ3) is 7.92. The lowest BCUT2D eigenvalue weighted by molar-refractivity contribution is 0.600. The Balaban J connectivity index is 2.65. The highest BCUT2D eigenvalue weighted by molar-refractivity contribution is 4.46. The van der Waals surface area contributed by atoms with Crippen LogP contribution in [0.15, 0.2) is 0 Å². The molecule has 2 heteroatoms. The van der Waals surface area contributed by atoms with E-state index in [2.05, 4.69) is 5.32 Å². The molecule has 0 unspecified atom stereocenters. The van der Waals surface area contributed by atoms with E-state index in [0.29, 0.717) is 0 Å². The molecule has 2 nitrogen and oxygen atoms in total. The molecule has 0 rings (SSSR count). The maximum absolute atomic E-state index is 5.36. The fraction of sp³-hybridized carbons (Fsp3) is 1.00. The van der Waals surface area contributed by atoms with E-state index in [1.165, 1.54) is 32.1 Å². The van der Waals surface area contributed by atoms with E-state index in [1.54, 1.807) is 0 Å². The van der Waals surface area contributed by atoms with Gasteiger partial charge in [0.1, 0.15) is 0 Å². The predicted molar refractivity (Wildman–Crippen MR) is 46.1 cm³/mol. The van der Waals surface area contributed by atoms with Crippen molar-refractivity contribution in [3.05, 3.63) is 0 Å². The minimum absolute atomic E-state index is 0.853. The topological polar surface area (TPSA) is 38.0 Å². The van der Waals surface area contributed by atoms with Crippen molar-refractivity contribution in [3.8, 4) is 0 Å². The maximum atomic E-state index is 5.36. The Labute approximate surface area is 64.2 Å². The zero-order chi connectivity index (χ0) is 7.66. The highest BCUT2D eigenvalue weighted by Crippen LogP contribution is 2.00. The van der Waals surface area contributed by atoms with Gasteiger partial charge in [-0.25, -0.2) is 0 Å². The van der Waals surface area contributed by atoms with Crippen LogP contribution in [0.4, 0.5) is 0 Å². The van der Waals surface area contributed by atoms with Crippen LogP contribution in [0, 0.1) is 0 Å². The molecule has 0 saturated heterocycles. The molecule has 0 saturated carbocycles. The third-order valence-electron chi connectivity index (χ3n) is 1.63. The summed E-state index contributed by atoms with van der Waals surface area (Å²) in [5.41, 5.74) is 5.36. The second-order valence-corrected chi connectivity index (χ2v) is 2.66. The molecule has 0 heterocycles. The normalized spacial score (nSPS) is 10.2. The van der Waals surface area contributed by atoms with Gasteiger partial charge in [0.25, 0.3) is 0 Å². The van der Waals surface area contributed by atoms with Crippen molar-refractivity contribution in [1.29, 1.82) is 0 Å². The first kappa shape index (κ1) is 9.92. The molecule has 0 aliphatic carbocycles. The molecule has 0 aliphatic heterocycles. The first-order valence-corrected chi connectivity index (χ1v) is 4.26. The number of rotatable bonds is 7. The standard InChI is InChI=1S/C8H20N2/c1-10-8-6-4-2-3-5-7-9/h10H,2-9H2,1H3. The maximum Gasteiger partial charge on any atom is -0.00519 e. The van der Waals surface area contributed by atoms with Gasteiger partial charge in [-0.1, -0.05) is 19.3 Å². The van der Waals surface area contributed by atoms with Crippen LogP contribution in [0.2, 0.25) is 0 Å².